The van der Waals surface area contributed by atoms with E-state index in [0.29, 0.717) is 29.9 Å². The van der Waals surface area contributed by atoms with Crippen molar-refractivity contribution in [3.63, 3.8) is 0 Å². The molecule has 6 heteroatoms. The van der Waals surface area contributed by atoms with Gasteiger partial charge in [0, 0.05) is 0 Å². The molecule has 0 aliphatic heterocycles. The Morgan fingerprint density at radius 3 is 2.43 bits per heavy atom. The minimum atomic E-state index is -4.81. The Morgan fingerprint density at radius 1 is 1.07 bits per heavy atom. The van der Waals surface area contributed by atoms with Gasteiger partial charge in [-0.15, -0.1) is 13.2 Å². The Morgan fingerprint density at radius 2 is 1.79 bits per heavy atom. The second-order valence-electron chi connectivity index (χ2n) is 7.36. The van der Waals surface area contributed by atoms with Gasteiger partial charge >= 0.3 is 6.36 Å². The number of benzene rings is 2. The van der Waals surface area contributed by atoms with E-state index in [1.165, 1.54) is 24.6 Å². The van der Waals surface area contributed by atoms with Gasteiger partial charge in [-0.25, -0.2) is 8.78 Å². The lowest BCUT2D eigenvalue weighted by Gasteiger charge is -2.26. The molecule has 1 aliphatic rings. The molecular weight excluding hydrogens is 375 g/mol. The number of fused-ring (bicyclic) bond motifs is 1. The lowest BCUT2D eigenvalue weighted by molar-refractivity contribution is -0.274. The molecule has 0 fully saturated rings. The van der Waals surface area contributed by atoms with Crippen molar-refractivity contribution in [2.45, 2.75) is 58.2 Å². The molecular formula is C22H23F5O. The molecule has 0 aromatic heterocycles. The van der Waals surface area contributed by atoms with Gasteiger partial charge in [0.1, 0.15) is 17.4 Å². The van der Waals surface area contributed by atoms with Crippen LogP contribution in [0.1, 0.15) is 50.2 Å². The molecule has 152 valence electrons. The van der Waals surface area contributed by atoms with E-state index in [-0.39, 0.29) is 11.1 Å². The van der Waals surface area contributed by atoms with Crippen LogP contribution in [0.25, 0.3) is 11.1 Å². The Kier molecular flexibility index (Phi) is 6.26. The van der Waals surface area contributed by atoms with Crippen molar-refractivity contribution >= 4 is 0 Å². The summed E-state index contributed by atoms with van der Waals surface area (Å²) in [6.45, 7) is 2.14. The van der Waals surface area contributed by atoms with Gasteiger partial charge in [0.05, 0.1) is 5.56 Å². The van der Waals surface area contributed by atoms with Gasteiger partial charge in [0.2, 0.25) is 0 Å². The third-order valence-electron chi connectivity index (χ3n) is 5.32. The Balaban J connectivity index is 1.83. The fourth-order valence-corrected chi connectivity index (χ4v) is 3.94. The van der Waals surface area contributed by atoms with Crippen LogP contribution in [-0.4, -0.2) is 6.36 Å². The molecule has 0 bridgehead atoms. The molecule has 0 radical (unpaired) electrons. The van der Waals surface area contributed by atoms with Crippen molar-refractivity contribution in [2.75, 3.05) is 0 Å². The summed E-state index contributed by atoms with van der Waals surface area (Å²) < 4.78 is 70.3. The number of unbranched alkanes of at least 4 members (excludes halogenated alkanes) is 2. The SMILES string of the molecule is CCCCCC1CCc2c(cc(F)c(-c3ccc(OC(F)(F)F)cc3)c2F)C1. The van der Waals surface area contributed by atoms with Crippen LogP contribution >= 0.6 is 0 Å². The van der Waals surface area contributed by atoms with Crippen molar-refractivity contribution < 1.29 is 26.7 Å². The van der Waals surface area contributed by atoms with Crippen LogP contribution < -0.4 is 4.74 Å². The van der Waals surface area contributed by atoms with Gasteiger partial charge in [-0.1, -0.05) is 44.7 Å². The Hall–Kier alpha value is -2.11. The number of halogens is 5. The molecule has 28 heavy (non-hydrogen) atoms. The third-order valence-corrected chi connectivity index (χ3v) is 5.32. The maximum atomic E-state index is 15.1. The first-order valence-corrected chi connectivity index (χ1v) is 9.64. The summed E-state index contributed by atoms with van der Waals surface area (Å²) in [6.07, 6.45) is 1.80. The molecule has 0 saturated heterocycles. The van der Waals surface area contributed by atoms with Gasteiger partial charge < -0.3 is 4.74 Å². The summed E-state index contributed by atoms with van der Waals surface area (Å²) in [4.78, 5) is 0. The summed E-state index contributed by atoms with van der Waals surface area (Å²) in [5.74, 6) is -1.27. The van der Waals surface area contributed by atoms with E-state index in [4.69, 9.17) is 0 Å². The van der Waals surface area contributed by atoms with Crippen molar-refractivity contribution in [3.05, 3.63) is 53.1 Å². The van der Waals surface area contributed by atoms with Crippen molar-refractivity contribution in [2.24, 2.45) is 5.92 Å². The zero-order chi connectivity index (χ0) is 20.3. The maximum Gasteiger partial charge on any atom is 0.573 e. The summed E-state index contributed by atoms with van der Waals surface area (Å²) >= 11 is 0. The van der Waals surface area contributed by atoms with E-state index in [2.05, 4.69) is 11.7 Å². The van der Waals surface area contributed by atoms with Gasteiger partial charge in [0.15, 0.2) is 0 Å². The van der Waals surface area contributed by atoms with Gasteiger partial charge in [-0.2, -0.15) is 0 Å². The highest BCUT2D eigenvalue weighted by molar-refractivity contribution is 5.67. The fraction of sp³-hybridized carbons (Fsp3) is 0.455. The summed E-state index contributed by atoms with van der Waals surface area (Å²) in [6, 6.07) is 5.99. The molecule has 0 spiro atoms. The molecule has 0 amide bonds. The van der Waals surface area contributed by atoms with E-state index >= 15 is 4.39 Å². The van der Waals surface area contributed by atoms with Crippen LogP contribution in [0.5, 0.6) is 5.75 Å². The first-order valence-electron chi connectivity index (χ1n) is 9.64. The molecule has 0 saturated carbocycles. The van der Waals surface area contributed by atoms with Crippen LogP contribution in [0.4, 0.5) is 22.0 Å². The molecule has 2 aromatic carbocycles. The van der Waals surface area contributed by atoms with Crippen molar-refractivity contribution in [1.82, 2.24) is 0 Å². The molecule has 1 unspecified atom stereocenters. The molecule has 0 heterocycles. The van der Waals surface area contributed by atoms with E-state index in [1.807, 2.05) is 0 Å². The predicted molar refractivity (Wildman–Crippen MR) is 98.1 cm³/mol. The number of hydrogen-bond acceptors (Lipinski definition) is 1. The summed E-state index contributed by atoms with van der Waals surface area (Å²) in [5, 5.41) is 0. The smallest absolute Gasteiger partial charge is 0.406 e. The highest BCUT2D eigenvalue weighted by atomic mass is 19.4. The highest BCUT2D eigenvalue weighted by Gasteiger charge is 2.31. The number of rotatable bonds is 6. The quantitative estimate of drug-likeness (QED) is 0.369. The van der Waals surface area contributed by atoms with Gasteiger partial charge in [-0.3, -0.25) is 0 Å². The molecule has 0 N–H and O–H groups in total. The first kappa shape index (κ1) is 20.6. The second kappa shape index (κ2) is 8.50. The third kappa shape index (κ3) is 4.83. The molecule has 1 nitrogen and oxygen atoms in total. The summed E-state index contributed by atoms with van der Waals surface area (Å²) in [5.41, 5.74) is 1.24. The average molecular weight is 398 g/mol. The Labute approximate surface area is 161 Å². The van der Waals surface area contributed by atoms with Crippen molar-refractivity contribution in [1.29, 1.82) is 0 Å². The normalized spacial score (nSPS) is 16.7. The standard InChI is InChI=1S/C22H23F5O/c1-2-3-4-5-14-6-11-18-16(12-14)13-19(23)20(21(18)24)15-7-9-17(10-8-15)28-22(25,26)27/h7-10,13-14H,2-6,11-12H2,1H3. The molecule has 2 aromatic rings. The summed E-state index contributed by atoms with van der Waals surface area (Å²) in [7, 11) is 0. The number of hydrogen-bond donors (Lipinski definition) is 0. The topological polar surface area (TPSA) is 9.23 Å². The van der Waals surface area contributed by atoms with Gasteiger partial charge in [0.25, 0.3) is 0 Å². The first-order chi connectivity index (χ1) is 13.3. The van der Waals surface area contributed by atoms with Crippen LogP contribution in [0.15, 0.2) is 30.3 Å². The number of alkyl halides is 3. The molecule has 3 rings (SSSR count). The maximum absolute atomic E-state index is 15.1. The van der Waals surface area contributed by atoms with E-state index in [9.17, 15) is 17.6 Å². The van der Waals surface area contributed by atoms with Crippen molar-refractivity contribution in [3.8, 4) is 16.9 Å². The average Bonchev–Trinajstić information content (AvgIpc) is 2.62. The minimum Gasteiger partial charge on any atom is -0.406 e. The lowest BCUT2D eigenvalue weighted by atomic mass is 9.80. The molecule has 1 atom stereocenters. The highest BCUT2D eigenvalue weighted by Crippen LogP contribution is 2.37. The van der Waals surface area contributed by atoms with Crippen LogP contribution in [0, 0.1) is 17.6 Å². The van der Waals surface area contributed by atoms with E-state index in [0.717, 1.165) is 37.8 Å². The van der Waals surface area contributed by atoms with Gasteiger partial charge in [-0.05, 0) is 60.1 Å². The number of ether oxygens (including phenoxy) is 1. The monoisotopic (exact) mass is 398 g/mol. The largest absolute Gasteiger partial charge is 0.573 e. The van der Waals surface area contributed by atoms with E-state index in [1.54, 1.807) is 0 Å². The lowest BCUT2D eigenvalue weighted by Crippen LogP contribution is -2.17. The second-order valence-corrected chi connectivity index (χ2v) is 7.36. The fourth-order valence-electron chi connectivity index (χ4n) is 3.94. The molecule has 1 aliphatic carbocycles. The van der Waals surface area contributed by atoms with Crippen LogP contribution in [0.2, 0.25) is 0 Å². The zero-order valence-electron chi connectivity index (χ0n) is 15.7. The Bertz CT molecular complexity index is 811. The van der Waals surface area contributed by atoms with Crippen LogP contribution in [-0.2, 0) is 12.8 Å². The predicted octanol–water partition coefficient (Wildman–Crippen LogP) is 7.22. The van der Waals surface area contributed by atoms with Crippen LogP contribution in [0.3, 0.4) is 0 Å². The van der Waals surface area contributed by atoms with E-state index < -0.39 is 23.7 Å². The zero-order valence-corrected chi connectivity index (χ0v) is 15.7. The minimum absolute atomic E-state index is 0.192.